The van der Waals surface area contributed by atoms with Gasteiger partial charge in [0.05, 0.1) is 22.0 Å². The number of benzene rings is 2. The van der Waals surface area contributed by atoms with Crippen LogP contribution in [0.4, 0.5) is 10.1 Å². The van der Waals surface area contributed by atoms with Crippen LogP contribution in [0.5, 0.6) is 0 Å². The zero-order chi connectivity index (χ0) is 17.6. The molecule has 0 spiro atoms. The van der Waals surface area contributed by atoms with E-state index in [-0.39, 0.29) is 18.1 Å². The number of aryl methyl sites for hydroxylation is 1. The van der Waals surface area contributed by atoms with Crippen molar-refractivity contribution in [3.8, 4) is 17.3 Å². The fourth-order valence-electron chi connectivity index (χ4n) is 2.30. The standard InChI is InChI=1S/C19H14FN3OS/c20-15-7-5-13(6-8-15)17-12-25-19(23-17)10-9-18(24)22-16-4-2-1-3-14(16)11-21/h1-8,12H,9-10H2,(H,22,24). The van der Waals surface area contributed by atoms with Gasteiger partial charge in [0, 0.05) is 23.8 Å². The first kappa shape index (κ1) is 16.8. The summed E-state index contributed by atoms with van der Waals surface area (Å²) in [5.41, 5.74) is 2.57. The molecule has 3 aromatic rings. The highest BCUT2D eigenvalue weighted by Gasteiger charge is 2.09. The Bertz CT molecular complexity index is 928. The number of rotatable bonds is 5. The molecule has 0 aliphatic heterocycles. The molecule has 25 heavy (non-hydrogen) atoms. The maximum atomic E-state index is 13.0. The number of hydrogen-bond donors (Lipinski definition) is 1. The molecule has 1 aromatic heterocycles. The quantitative estimate of drug-likeness (QED) is 0.741. The van der Waals surface area contributed by atoms with Crippen LogP contribution in [-0.4, -0.2) is 10.9 Å². The molecule has 124 valence electrons. The number of nitrogens with zero attached hydrogens (tertiary/aromatic N) is 2. The van der Waals surface area contributed by atoms with Crippen molar-refractivity contribution in [1.82, 2.24) is 4.98 Å². The summed E-state index contributed by atoms with van der Waals surface area (Å²) >= 11 is 1.47. The van der Waals surface area contributed by atoms with Crippen molar-refractivity contribution in [3.05, 3.63) is 70.3 Å². The van der Waals surface area contributed by atoms with Crippen molar-refractivity contribution in [2.45, 2.75) is 12.8 Å². The van der Waals surface area contributed by atoms with Crippen LogP contribution in [0.3, 0.4) is 0 Å². The molecule has 1 heterocycles. The number of nitriles is 1. The minimum atomic E-state index is -0.284. The smallest absolute Gasteiger partial charge is 0.224 e. The van der Waals surface area contributed by atoms with E-state index < -0.39 is 0 Å². The van der Waals surface area contributed by atoms with Gasteiger partial charge >= 0.3 is 0 Å². The Labute approximate surface area is 148 Å². The van der Waals surface area contributed by atoms with Crippen LogP contribution in [0.25, 0.3) is 11.3 Å². The third-order valence-corrected chi connectivity index (χ3v) is 4.49. The number of hydrogen-bond acceptors (Lipinski definition) is 4. The molecular formula is C19H14FN3OS. The first-order valence-electron chi connectivity index (χ1n) is 7.65. The molecule has 0 unspecified atom stereocenters. The van der Waals surface area contributed by atoms with E-state index in [1.165, 1.54) is 23.5 Å². The van der Waals surface area contributed by atoms with E-state index >= 15 is 0 Å². The van der Waals surface area contributed by atoms with Gasteiger partial charge in [-0.15, -0.1) is 11.3 Å². The molecule has 6 heteroatoms. The Morgan fingerprint density at radius 1 is 1.20 bits per heavy atom. The van der Waals surface area contributed by atoms with E-state index in [1.807, 2.05) is 11.4 Å². The van der Waals surface area contributed by atoms with E-state index in [0.29, 0.717) is 17.7 Å². The third kappa shape index (κ3) is 4.28. The van der Waals surface area contributed by atoms with Crippen molar-refractivity contribution in [2.24, 2.45) is 0 Å². The largest absolute Gasteiger partial charge is 0.325 e. The van der Waals surface area contributed by atoms with Crippen molar-refractivity contribution < 1.29 is 9.18 Å². The number of carbonyl (C=O) groups is 1. The summed E-state index contributed by atoms with van der Waals surface area (Å²) in [6.07, 6.45) is 0.780. The zero-order valence-electron chi connectivity index (χ0n) is 13.2. The van der Waals surface area contributed by atoms with Crippen LogP contribution in [0.15, 0.2) is 53.9 Å². The summed E-state index contributed by atoms with van der Waals surface area (Å²) in [6, 6.07) is 15.1. The summed E-state index contributed by atoms with van der Waals surface area (Å²) in [6.45, 7) is 0. The van der Waals surface area contributed by atoms with Crippen LogP contribution in [0.1, 0.15) is 17.0 Å². The fraction of sp³-hybridized carbons (Fsp3) is 0.105. The Morgan fingerprint density at radius 3 is 2.72 bits per heavy atom. The van der Waals surface area contributed by atoms with Crippen molar-refractivity contribution >= 4 is 22.9 Å². The van der Waals surface area contributed by atoms with Crippen LogP contribution in [0.2, 0.25) is 0 Å². The summed E-state index contributed by atoms with van der Waals surface area (Å²) in [7, 11) is 0. The van der Waals surface area contributed by atoms with E-state index in [0.717, 1.165) is 16.3 Å². The Balaban J connectivity index is 1.59. The highest BCUT2D eigenvalue weighted by molar-refractivity contribution is 7.09. The molecule has 4 nitrogen and oxygen atoms in total. The fourth-order valence-corrected chi connectivity index (χ4v) is 3.11. The van der Waals surface area contributed by atoms with Gasteiger partial charge in [-0.3, -0.25) is 4.79 Å². The van der Waals surface area contributed by atoms with Crippen LogP contribution in [0, 0.1) is 17.1 Å². The predicted molar refractivity (Wildman–Crippen MR) is 95.6 cm³/mol. The van der Waals surface area contributed by atoms with Gasteiger partial charge < -0.3 is 5.32 Å². The molecule has 3 rings (SSSR count). The maximum absolute atomic E-state index is 13.0. The second-order valence-corrected chi connectivity index (χ2v) is 6.28. The highest BCUT2D eigenvalue weighted by atomic mass is 32.1. The monoisotopic (exact) mass is 351 g/mol. The SMILES string of the molecule is N#Cc1ccccc1NC(=O)CCc1nc(-c2ccc(F)cc2)cs1. The maximum Gasteiger partial charge on any atom is 0.224 e. The summed E-state index contributed by atoms with van der Waals surface area (Å²) in [5, 5.41) is 14.5. The highest BCUT2D eigenvalue weighted by Crippen LogP contribution is 2.23. The number of amides is 1. The summed E-state index contributed by atoms with van der Waals surface area (Å²) in [5.74, 6) is -0.449. The molecule has 1 N–H and O–H groups in total. The van der Waals surface area contributed by atoms with Gasteiger partial charge in [-0.05, 0) is 36.4 Å². The van der Waals surface area contributed by atoms with Crippen LogP contribution in [-0.2, 0) is 11.2 Å². The number of aromatic nitrogens is 1. The number of para-hydroxylation sites is 1. The van der Waals surface area contributed by atoms with E-state index in [2.05, 4.69) is 10.3 Å². The predicted octanol–water partition coefficient (Wildman–Crippen LogP) is 4.39. The molecule has 1 amide bonds. The van der Waals surface area contributed by atoms with Gasteiger partial charge in [-0.1, -0.05) is 12.1 Å². The third-order valence-electron chi connectivity index (χ3n) is 3.58. The Hall–Kier alpha value is -3.04. The number of carbonyl (C=O) groups excluding carboxylic acids is 1. The van der Waals surface area contributed by atoms with Crippen molar-refractivity contribution in [2.75, 3.05) is 5.32 Å². The molecular weight excluding hydrogens is 337 g/mol. The lowest BCUT2D eigenvalue weighted by molar-refractivity contribution is -0.116. The number of halogens is 1. The molecule has 0 fully saturated rings. The van der Waals surface area contributed by atoms with Gasteiger partial charge in [0.15, 0.2) is 0 Å². The van der Waals surface area contributed by atoms with Gasteiger partial charge in [0.2, 0.25) is 5.91 Å². The second-order valence-electron chi connectivity index (χ2n) is 5.34. The number of anilines is 1. The lowest BCUT2D eigenvalue weighted by Crippen LogP contribution is -2.13. The second kappa shape index (κ2) is 7.69. The molecule has 0 bridgehead atoms. The van der Waals surface area contributed by atoms with Crippen LogP contribution >= 0.6 is 11.3 Å². The summed E-state index contributed by atoms with van der Waals surface area (Å²) < 4.78 is 13.0. The Morgan fingerprint density at radius 2 is 1.96 bits per heavy atom. The average Bonchev–Trinajstić information content (AvgIpc) is 3.10. The normalized spacial score (nSPS) is 10.2. The first-order valence-corrected chi connectivity index (χ1v) is 8.53. The first-order chi connectivity index (χ1) is 12.2. The van der Waals surface area contributed by atoms with Crippen molar-refractivity contribution in [1.29, 1.82) is 5.26 Å². The van der Waals surface area contributed by atoms with E-state index in [1.54, 1.807) is 36.4 Å². The minimum absolute atomic E-state index is 0.166. The molecule has 0 atom stereocenters. The molecule has 0 aliphatic carbocycles. The number of nitrogens with one attached hydrogen (secondary N) is 1. The zero-order valence-corrected chi connectivity index (χ0v) is 14.0. The van der Waals surface area contributed by atoms with E-state index in [9.17, 15) is 9.18 Å². The van der Waals surface area contributed by atoms with Gasteiger partial charge in [-0.2, -0.15) is 5.26 Å². The lowest BCUT2D eigenvalue weighted by atomic mass is 10.2. The minimum Gasteiger partial charge on any atom is -0.325 e. The van der Waals surface area contributed by atoms with Gasteiger partial charge in [-0.25, -0.2) is 9.37 Å². The number of thiazole rings is 1. The molecule has 0 saturated heterocycles. The molecule has 0 radical (unpaired) electrons. The van der Waals surface area contributed by atoms with Crippen molar-refractivity contribution in [3.63, 3.8) is 0 Å². The lowest BCUT2D eigenvalue weighted by Gasteiger charge is -2.05. The Kier molecular flexibility index (Phi) is 5.17. The average molecular weight is 351 g/mol. The molecule has 0 saturated carbocycles. The topological polar surface area (TPSA) is 65.8 Å². The molecule has 2 aromatic carbocycles. The van der Waals surface area contributed by atoms with Gasteiger partial charge in [0.25, 0.3) is 0 Å². The molecule has 0 aliphatic rings. The van der Waals surface area contributed by atoms with E-state index in [4.69, 9.17) is 5.26 Å². The van der Waals surface area contributed by atoms with Gasteiger partial charge in [0.1, 0.15) is 11.9 Å². The summed E-state index contributed by atoms with van der Waals surface area (Å²) in [4.78, 5) is 16.6. The van der Waals surface area contributed by atoms with Crippen LogP contribution < -0.4 is 5.32 Å².